The van der Waals surface area contributed by atoms with E-state index < -0.39 is 0 Å². The minimum Gasteiger partial charge on any atom is -0.366 e. The summed E-state index contributed by atoms with van der Waals surface area (Å²) in [5.41, 5.74) is 8.85. The Balaban J connectivity index is 1.81. The molecule has 130 valence electrons. The number of fused-ring (bicyclic) bond motifs is 1. The maximum Gasteiger partial charge on any atom is 0.254 e. The fourth-order valence-corrected chi connectivity index (χ4v) is 3.14. The molecule has 3 N–H and O–H groups in total. The summed E-state index contributed by atoms with van der Waals surface area (Å²) in [5, 5.41) is 7.71. The number of rotatable bonds is 4. The summed E-state index contributed by atoms with van der Waals surface area (Å²) in [6, 6.07) is 7.26. The van der Waals surface area contributed by atoms with Gasteiger partial charge in [0.05, 0.1) is 12.5 Å². The van der Waals surface area contributed by atoms with E-state index in [1.807, 2.05) is 39.0 Å². The Morgan fingerprint density at radius 2 is 2.04 bits per heavy atom. The summed E-state index contributed by atoms with van der Waals surface area (Å²) >= 11 is 6.19. The van der Waals surface area contributed by atoms with E-state index >= 15 is 0 Å². The number of nitrogens with one attached hydrogen (secondary N) is 1. The third kappa shape index (κ3) is 3.41. The van der Waals surface area contributed by atoms with Gasteiger partial charge in [-0.3, -0.25) is 4.79 Å². The number of amides is 1. The van der Waals surface area contributed by atoms with Gasteiger partial charge in [-0.15, -0.1) is 5.10 Å². The number of aromatic nitrogens is 4. The molecule has 1 atom stereocenters. The fourth-order valence-electron chi connectivity index (χ4n) is 2.84. The van der Waals surface area contributed by atoms with Crippen LogP contribution in [0.15, 0.2) is 24.3 Å². The molecule has 0 saturated heterocycles. The van der Waals surface area contributed by atoms with Crippen molar-refractivity contribution >= 4 is 29.2 Å². The number of nitrogen functional groups attached to an aromatic ring is 1. The van der Waals surface area contributed by atoms with Crippen LogP contribution in [-0.2, 0) is 11.2 Å². The van der Waals surface area contributed by atoms with Gasteiger partial charge < -0.3 is 11.1 Å². The maximum absolute atomic E-state index is 12.5. The molecule has 0 aliphatic heterocycles. The number of halogens is 1. The standard InChI is InChI=1S/C17H19ClN6O/c1-9(12-6-4-5-7-14(12)18)20-15(25)8-13-10(2)21-17-22-16(19)23-24(17)11(13)3/h4-7,9H,8H2,1-3H3,(H2,19,23)(H,20,25). The van der Waals surface area contributed by atoms with Crippen LogP contribution in [0.25, 0.3) is 5.78 Å². The largest absolute Gasteiger partial charge is 0.366 e. The zero-order chi connectivity index (χ0) is 18.1. The van der Waals surface area contributed by atoms with E-state index in [-0.39, 0.29) is 24.3 Å². The average molecular weight is 359 g/mol. The molecule has 7 nitrogen and oxygen atoms in total. The highest BCUT2D eigenvalue weighted by atomic mass is 35.5. The number of aryl methyl sites for hydroxylation is 2. The van der Waals surface area contributed by atoms with Gasteiger partial charge in [0.15, 0.2) is 0 Å². The minimum absolute atomic E-state index is 0.118. The summed E-state index contributed by atoms with van der Waals surface area (Å²) in [6.45, 7) is 5.62. The maximum atomic E-state index is 12.5. The molecule has 1 amide bonds. The van der Waals surface area contributed by atoms with E-state index in [2.05, 4.69) is 20.4 Å². The van der Waals surface area contributed by atoms with E-state index in [4.69, 9.17) is 17.3 Å². The Morgan fingerprint density at radius 3 is 2.76 bits per heavy atom. The first kappa shape index (κ1) is 17.2. The molecule has 0 fully saturated rings. The molecule has 0 aliphatic carbocycles. The lowest BCUT2D eigenvalue weighted by Crippen LogP contribution is -2.29. The molecule has 8 heteroatoms. The van der Waals surface area contributed by atoms with Gasteiger partial charge in [0.2, 0.25) is 11.9 Å². The van der Waals surface area contributed by atoms with Crippen molar-refractivity contribution in [1.82, 2.24) is 24.9 Å². The van der Waals surface area contributed by atoms with Gasteiger partial charge in [-0.25, -0.2) is 4.98 Å². The van der Waals surface area contributed by atoms with E-state index in [9.17, 15) is 4.79 Å². The lowest BCUT2D eigenvalue weighted by atomic mass is 10.1. The van der Waals surface area contributed by atoms with Gasteiger partial charge in [-0.1, -0.05) is 29.8 Å². The summed E-state index contributed by atoms with van der Waals surface area (Å²) in [7, 11) is 0. The minimum atomic E-state index is -0.194. The highest BCUT2D eigenvalue weighted by Crippen LogP contribution is 2.22. The molecule has 0 aliphatic rings. The molecule has 3 aromatic rings. The van der Waals surface area contributed by atoms with Gasteiger partial charge in [0, 0.05) is 22.0 Å². The van der Waals surface area contributed by atoms with Crippen LogP contribution in [0.3, 0.4) is 0 Å². The van der Waals surface area contributed by atoms with Crippen molar-refractivity contribution in [2.75, 3.05) is 5.73 Å². The van der Waals surface area contributed by atoms with Gasteiger partial charge in [0.25, 0.3) is 5.78 Å². The lowest BCUT2D eigenvalue weighted by Gasteiger charge is -2.17. The Hall–Kier alpha value is -2.67. The molecule has 0 radical (unpaired) electrons. The number of nitrogens with zero attached hydrogens (tertiary/aromatic N) is 4. The molecule has 1 aromatic carbocycles. The van der Waals surface area contributed by atoms with Crippen molar-refractivity contribution in [2.24, 2.45) is 0 Å². The van der Waals surface area contributed by atoms with Gasteiger partial charge in [0.1, 0.15) is 0 Å². The second-order valence-electron chi connectivity index (χ2n) is 5.93. The number of benzene rings is 1. The molecule has 0 bridgehead atoms. The van der Waals surface area contributed by atoms with Crippen molar-refractivity contribution in [3.63, 3.8) is 0 Å². The SMILES string of the molecule is Cc1nc2nc(N)nn2c(C)c1CC(=O)NC(C)c1ccccc1Cl. The van der Waals surface area contributed by atoms with Crippen LogP contribution in [0.4, 0.5) is 5.95 Å². The predicted octanol–water partition coefficient (Wildman–Crippen LogP) is 2.40. The Labute approximate surface area is 150 Å². The van der Waals surface area contributed by atoms with Gasteiger partial charge in [-0.05, 0) is 32.4 Å². The van der Waals surface area contributed by atoms with Crippen molar-refractivity contribution in [3.05, 3.63) is 51.8 Å². The zero-order valence-corrected chi connectivity index (χ0v) is 15.0. The third-order valence-electron chi connectivity index (χ3n) is 4.15. The Bertz CT molecular complexity index is 952. The lowest BCUT2D eigenvalue weighted by molar-refractivity contribution is -0.121. The van der Waals surface area contributed by atoms with Crippen molar-refractivity contribution < 1.29 is 4.79 Å². The smallest absolute Gasteiger partial charge is 0.254 e. The van der Waals surface area contributed by atoms with Crippen LogP contribution in [0.2, 0.25) is 5.02 Å². The quantitative estimate of drug-likeness (QED) is 0.746. The highest BCUT2D eigenvalue weighted by molar-refractivity contribution is 6.31. The van der Waals surface area contributed by atoms with Gasteiger partial charge in [-0.2, -0.15) is 9.50 Å². The molecule has 3 rings (SSSR count). The molecule has 25 heavy (non-hydrogen) atoms. The predicted molar refractivity (Wildman–Crippen MR) is 96.4 cm³/mol. The third-order valence-corrected chi connectivity index (χ3v) is 4.50. The first-order chi connectivity index (χ1) is 11.9. The fraction of sp³-hybridized carbons (Fsp3) is 0.294. The van der Waals surface area contributed by atoms with E-state index in [1.54, 1.807) is 10.6 Å². The number of anilines is 1. The number of hydrogen-bond acceptors (Lipinski definition) is 5. The number of nitrogens with two attached hydrogens (primary N) is 1. The summed E-state index contributed by atoms with van der Waals surface area (Å²) < 4.78 is 1.56. The number of carbonyl (C=O) groups excluding carboxylic acids is 1. The first-order valence-corrected chi connectivity index (χ1v) is 8.26. The number of carbonyl (C=O) groups is 1. The van der Waals surface area contributed by atoms with E-state index in [1.165, 1.54) is 0 Å². The molecule has 0 saturated carbocycles. The molecule has 0 spiro atoms. The Morgan fingerprint density at radius 1 is 1.32 bits per heavy atom. The second kappa shape index (κ2) is 6.68. The van der Waals surface area contributed by atoms with Crippen LogP contribution in [-0.4, -0.2) is 25.5 Å². The molecule has 2 heterocycles. The van der Waals surface area contributed by atoms with E-state index in [0.717, 1.165) is 22.5 Å². The Kier molecular flexibility index (Phi) is 4.59. The molecular weight excluding hydrogens is 340 g/mol. The molecule has 2 aromatic heterocycles. The van der Waals surface area contributed by atoms with Crippen LogP contribution in [0.5, 0.6) is 0 Å². The monoisotopic (exact) mass is 358 g/mol. The van der Waals surface area contributed by atoms with Gasteiger partial charge >= 0.3 is 0 Å². The zero-order valence-electron chi connectivity index (χ0n) is 14.2. The van der Waals surface area contributed by atoms with Crippen LogP contribution >= 0.6 is 11.6 Å². The normalized spacial score (nSPS) is 12.3. The van der Waals surface area contributed by atoms with Crippen LogP contribution in [0, 0.1) is 13.8 Å². The molecular formula is C17H19ClN6O. The summed E-state index contributed by atoms with van der Waals surface area (Å²) in [4.78, 5) is 20.9. The van der Waals surface area contributed by atoms with Crippen LogP contribution in [0.1, 0.15) is 35.5 Å². The summed E-state index contributed by atoms with van der Waals surface area (Å²) in [5.74, 6) is 0.470. The molecule has 1 unspecified atom stereocenters. The van der Waals surface area contributed by atoms with E-state index in [0.29, 0.717) is 10.8 Å². The van der Waals surface area contributed by atoms with Crippen molar-refractivity contribution in [3.8, 4) is 0 Å². The highest BCUT2D eigenvalue weighted by Gasteiger charge is 2.17. The van der Waals surface area contributed by atoms with Crippen LogP contribution < -0.4 is 11.1 Å². The van der Waals surface area contributed by atoms with Crippen molar-refractivity contribution in [1.29, 1.82) is 0 Å². The second-order valence-corrected chi connectivity index (χ2v) is 6.34. The number of hydrogen-bond donors (Lipinski definition) is 2. The first-order valence-electron chi connectivity index (χ1n) is 7.89. The topological polar surface area (TPSA) is 98.2 Å². The van der Waals surface area contributed by atoms with Crippen molar-refractivity contribution in [2.45, 2.75) is 33.2 Å². The summed E-state index contributed by atoms with van der Waals surface area (Å²) in [6.07, 6.45) is 0.190. The average Bonchev–Trinajstić information content (AvgIpc) is 2.92.